The quantitative estimate of drug-likeness (QED) is 0.874. The topological polar surface area (TPSA) is 53.7 Å². The highest BCUT2D eigenvalue weighted by Crippen LogP contribution is 2.28. The monoisotopic (exact) mass is 329 g/mol. The lowest BCUT2D eigenvalue weighted by atomic mass is 10.1. The highest BCUT2D eigenvalue weighted by atomic mass is 32.1. The Labute approximate surface area is 139 Å². The van der Waals surface area contributed by atoms with Gasteiger partial charge in [-0.1, -0.05) is 18.2 Å². The summed E-state index contributed by atoms with van der Waals surface area (Å²) in [7, 11) is 0. The Morgan fingerprint density at radius 3 is 3.04 bits per heavy atom. The first-order valence-electron chi connectivity index (χ1n) is 7.65. The highest BCUT2D eigenvalue weighted by molar-refractivity contribution is 7.11. The Morgan fingerprint density at radius 2 is 2.35 bits per heavy atom. The van der Waals surface area contributed by atoms with Gasteiger partial charge in [0, 0.05) is 35.6 Å². The molecule has 3 rings (SSSR count). The number of aliphatic carboxylic acids is 1. The molecule has 0 radical (unpaired) electrons. The van der Waals surface area contributed by atoms with Gasteiger partial charge in [0.1, 0.15) is 0 Å². The first-order valence-corrected chi connectivity index (χ1v) is 8.53. The number of carboxylic acid groups (broad SMARTS) is 1. The van der Waals surface area contributed by atoms with Crippen LogP contribution in [0.3, 0.4) is 0 Å². The van der Waals surface area contributed by atoms with Crippen LogP contribution in [0.15, 0.2) is 58.2 Å². The van der Waals surface area contributed by atoms with Crippen LogP contribution in [-0.2, 0) is 4.79 Å². The maximum absolute atomic E-state index is 11.1. The predicted octanol–water partition coefficient (Wildman–Crippen LogP) is 3.88. The van der Waals surface area contributed by atoms with Gasteiger partial charge >= 0.3 is 5.97 Å². The van der Waals surface area contributed by atoms with E-state index in [0.29, 0.717) is 12.1 Å². The van der Waals surface area contributed by atoms with Crippen molar-refractivity contribution in [1.29, 1.82) is 0 Å². The van der Waals surface area contributed by atoms with Crippen LogP contribution in [0, 0.1) is 0 Å². The van der Waals surface area contributed by atoms with Crippen LogP contribution >= 0.6 is 11.3 Å². The van der Waals surface area contributed by atoms with Gasteiger partial charge in [-0.25, -0.2) is 4.79 Å². The zero-order chi connectivity index (χ0) is 16.1. The van der Waals surface area contributed by atoms with Crippen LogP contribution in [-0.4, -0.2) is 35.6 Å². The fraction of sp³-hybridized carbons (Fsp3) is 0.278. The summed E-state index contributed by atoms with van der Waals surface area (Å²) in [6.45, 7) is 2.31. The van der Waals surface area contributed by atoms with Crippen molar-refractivity contribution in [3.8, 4) is 0 Å². The van der Waals surface area contributed by atoms with Gasteiger partial charge in [-0.05, 0) is 35.9 Å². The van der Waals surface area contributed by atoms with E-state index < -0.39 is 5.97 Å². The molecule has 120 valence electrons. The third-order valence-electron chi connectivity index (χ3n) is 3.92. The minimum atomic E-state index is -0.803. The Morgan fingerprint density at radius 1 is 1.43 bits per heavy atom. The summed E-state index contributed by atoms with van der Waals surface area (Å²) in [5, 5.41) is 11.2. The number of nitrogens with zero attached hydrogens (tertiary/aromatic N) is 1. The van der Waals surface area contributed by atoms with Gasteiger partial charge in [-0.3, -0.25) is 4.90 Å². The molecule has 2 aromatic heterocycles. The predicted molar refractivity (Wildman–Crippen MR) is 91.5 cm³/mol. The molecule has 0 spiro atoms. The normalized spacial score (nSPS) is 16.3. The molecule has 4 nitrogen and oxygen atoms in total. The number of carboxylic acids is 1. The van der Waals surface area contributed by atoms with Gasteiger partial charge in [-0.2, -0.15) is 0 Å². The van der Waals surface area contributed by atoms with E-state index in [-0.39, 0.29) is 0 Å². The number of carbonyl (C=O) groups is 1. The maximum Gasteiger partial charge on any atom is 0.332 e. The smallest absolute Gasteiger partial charge is 0.332 e. The number of thiophene rings is 1. The molecule has 23 heavy (non-hydrogen) atoms. The number of hydrogen-bond acceptors (Lipinski definition) is 4. The minimum Gasteiger partial charge on any atom is -0.478 e. The summed E-state index contributed by atoms with van der Waals surface area (Å²) in [6, 6.07) is 6.12. The lowest BCUT2D eigenvalue weighted by Crippen LogP contribution is -2.32. The number of rotatable bonds is 6. The molecule has 0 bridgehead atoms. The van der Waals surface area contributed by atoms with Gasteiger partial charge in [0.15, 0.2) is 0 Å². The van der Waals surface area contributed by atoms with Crippen LogP contribution in [0.4, 0.5) is 0 Å². The molecule has 3 heterocycles. The van der Waals surface area contributed by atoms with Crippen molar-refractivity contribution < 1.29 is 14.3 Å². The molecule has 1 N–H and O–H groups in total. The van der Waals surface area contributed by atoms with Gasteiger partial charge in [0.2, 0.25) is 0 Å². The molecule has 5 heteroatoms. The molecule has 0 amide bonds. The van der Waals surface area contributed by atoms with Gasteiger partial charge in [-0.15, -0.1) is 11.3 Å². The zero-order valence-electron chi connectivity index (χ0n) is 12.8. The van der Waals surface area contributed by atoms with Crippen molar-refractivity contribution >= 4 is 22.9 Å². The second-order valence-corrected chi connectivity index (χ2v) is 6.44. The van der Waals surface area contributed by atoms with Gasteiger partial charge in [0.05, 0.1) is 12.5 Å². The molecule has 0 unspecified atom stereocenters. The molecular weight excluding hydrogens is 310 g/mol. The van der Waals surface area contributed by atoms with Crippen LogP contribution in [0.25, 0.3) is 5.57 Å². The van der Waals surface area contributed by atoms with Crippen molar-refractivity contribution in [2.45, 2.75) is 12.8 Å². The van der Waals surface area contributed by atoms with Gasteiger partial charge in [0.25, 0.3) is 0 Å². The minimum absolute atomic E-state index is 0.508. The van der Waals surface area contributed by atoms with Crippen LogP contribution in [0.2, 0.25) is 0 Å². The van der Waals surface area contributed by atoms with Crippen molar-refractivity contribution in [2.24, 2.45) is 0 Å². The third-order valence-corrected chi connectivity index (χ3v) is 4.82. The largest absolute Gasteiger partial charge is 0.478 e. The summed E-state index contributed by atoms with van der Waals surface area (Å²) in [4.78, 5) is 14.5. The van der Waals surface area contributed by atoms with E-state index >= 15 is 0 Å². The summed E-state index contributed by atoms with van der Waals surface area (Å²) >= 11 is 1.71. The van der Waals surface area contributed by atoms with E-state index in [1.54, 1.807) is 23.9 Å². The summed E-state index contributed by atoms with van der Waals surface area (Å²) < 4.78 is 5.21. The molecule has 0 aromatic carbocycles. The Bertz CT molecular complexity index is 662. The van der Waals surface area contributed by atoms with Crippen molar-refractivity contribution in [3.05, 3.63) is 64.3 Å². The van der Waals surface area contributed by atoms with E-state index in [9.17, 15) is 4.79 Å². The average molecular weight is 329 g/mol. The van der Waals surface area contributed by atoms with E-state index in [1.165, 1.54) is 10.5 Å². The zero-order valence-corrected chi connectivity index (χ0v) is 13.6. The Kier molecular flexibility index (Phi) is 5.10. The van der Waals surface area contributed by atoms with Crippen LogP contribution in [0.5, 0.6) is 0 Å². The first-order chi connectivity index (χ1) is 11.2. The second-order valence-electron chi connectivity index (χ2n) is 5.50. The van der Waals surface area contributed by atoms with Crippen LogP contribution in [0.1, 0.15) is 23.3 Å². The van der Waals surface area contributed by atoms with E-state index in [0.717, 1.165) is 31.5 Å². The SMILES string of the molecule is O=C(O)C1=CCCN(CCC=C(c2ccoc2)c2cccs2)C1. The number of hydrogen-bond donors (Lipinski definition) is 1. The second kappa shape index (κ2) is 7.44. The molecule has 0 aliphatic carbocycles. The molecule has 0 fully saturated rings. The van der Waals surface area contributed by atoms with E-state index in [2.05, 4.69) is 22.4 Å². The molecule has 2 aromatic rings. The van der Waals surface area contributed by atoms with Crippen molar-refractivity contribution in [1.82, 2.24) is 4.90 Å². The van der Waals surface area contributed by atoms with Crippen LogP contribution < -0.4 is 0 Å². The number of furan rings is 1. The summed E-state index contributed by atoms with van der Waals surface area (Å²) in [5.41, 5.74) is 2.77. The molecule has 1 aliphatic heterocycles. The summed E-state index contributed by atoms with van der Waals surface area (Å²) in [6.07, 6.45) is 9.19. The molecule has 0 saturated heterocycles. The lowest BCUT2D eigenvalue weighted by molar-refractivity contribution is -0.133. The first kappa shape index (κ1) is 15.8. The third kappa shape index (κ3) is 4.00. The summed E-state index contributed by atoms with van der Waals surface area (Å²) in [5.74, 6) is -0.803. The Hall–Kier alpha value is -2.11. The molecular formula is C18H19NO3S. The standard InChI is InChI=1S/C18H19NO3S/c20-18(21)14-4-1-8-19(12-14)9-2-5-16(15-7-10-22-13-15)17-6-3-11-23-17/h3-7,10-11,13H,1-2,8-9,12H2,(H,20,21). The van der Waals surface area contributed by atoms with Crippen molar-refractivity contribution in [3.63, 3.8) is 0 Å². The molecule has 1 aliphatic rings. The van der Waals surface area contributed by atoms with E-state index in [4.69, 9.17) is 9.52 Å². The maximum atomic E-state index is 11.1. The molecule has 0 atom stereocenters. The Balaban J connectivity index is 1.66. The highest BCUT2D eigenvalue weighted by Gasteiger charge is 2.16. The van der Waals surface area contributed by atoms with Gasteiger partial charge < -0.3 is 9.52 Å². The fourth-order valence-corrected chi connectivity index (χ4v) is 3.54. The van der Waals surface area contributed by atoms with Crippen molar-refractivity contribution in [2.75, 3.05) is 19.6 Å². The molecule has 0 saturated carbocycles. The fourth-order valence-electron chi connectivity index (χ4n) is 2.75. The lowest BCUT2D eigenvalue weighted by Gasteiger charge is -2.25. The average Bonchev–Trinajstić information content (AvgIpc) is 3.25. The van der Waals surface area contributed by atoms with E-state index in [1.807, 2.05) is 18.2 Å².